The van der Waals surface area contributed by atoms with Crippen LogP contribution in [0.15, 0.2) is 16.5 Å². The fourth-order valence-corrected chi connectivity index (χ4v) is 1.63. The minimum Gasteiger partial charge on any atom is -0.464 e. The summed E-state index contributed by atoms with van der Waals surface area (Å²) in [5.74, 6) is 1.83. The van der Waals surface area contributed by atoms with Crippen LogP contribution in [-0.4, -0.2) is 29.9 Å². The minimum absolute atomic E-state index is 0.0526. The quantitative estimate of drug-likeness (QED) is 0.874. The van der Waals surface area contributed by atoms with E-state index in [-0.39, 0.29) is 11.4 Å². The molecule has 0 bridgehead atoms. The zero-order chi connectivity index (χ0) is 13.8. The average molecular weight is 252 g/mol. The van der Waals surface area contributed by atoms with Crippen molar-refractivity contribution in [3.63, 3.8) is 0 Å². The van der Waals surface area contributed by atoms with Gasteiger partial charge in [0.1, 0.15) is 11.5 Å². The second-order valence-electron chi connectivity index (χ2n) is 5.69. The van der Waals surface area contributed by atoms with E-state index >= 15 is 0 Å². The van der Waals surface area contributed by atoms with Gasteiger partial charge >= 0.3 is 0 Å². The molecule has 1 rings (SSSR count). The summed E-state index contributed by atoms with van der Waals surface area (Å²) in [6.45, 7) is 9.40. The number of furan rings is 1. The van der Waals surface area contributed by atoms with Gasteiger partial charge in [-0.05, 0) is 39.8 Å². The molecule has 1 N–H and O–H groups in total. The Morgan fingerprint density at radius 2 is 2.06 bits per heavy atom. The number of carbonyl (C=O) groups is 1. The van der Waals surface area contributed by atoms with Crippen LogP contribution < -0.4 is 5.32 Å². The molecule has 0 radical (unpaired) electrons. The molecule has 0 atom stereocenters. The third kappa shape index (κ3) is 5.36. The van der Waals surface area contributed by atoms with Crippen LogP contribution in [0.4, 0.5) is 0 Å². The van der Waals surface area contributed by atoms with Gasteiger partial charge in [0.25, 0.3) is 0 Å². The highest BCUT2D eigenvalue weighted by molar-refractivity contribution is 5.76. The summed E-state index contributed by atoms with van der Waals surface area (Å²) < 4.78 is 5.45. The van der Waals surface area contributed by atoms with E-state index in [1.54, 1.807) is 11.9 Å². The Hall–Kier alpha value is -1.29. The molecule has 4 nitrogen and oxygen atoms in total. The number of hydrogen-bond acceptors (Lipinski definition) is 3. The Labute approximate surface area is 109 Å². The first-order valence-corrected chi connectivity index (χ1v) is 6.32. The zero-order valence-electron chi connectivity index (χ0n) is 12.0. The summed E-state index contributed by atoms with van der Waals surface area (Å²) in [6, 6.07) is 3.82. The van der Waals surface area contributed by atoms with Crippen molar-refractivity contribution in [3.05, 3.63) is 23.7 Å². The van der Waals surface area contributed by atoms with Crippen molar-refractivity contribution in [2.24, 2.45) is 0 Å². The third-order valence-electron chi connectivity index (χ3n) is 2.61. The van der Waals surface area contributed by atoms with Crippen molar-refractivity contribution in [2.45, 2.75) is 46.2 Å². The van der Waals surface area contributed by atoms with Crippen molar-refractivity contribution in [1.29, 1.82) is 0 Å². The SMILES string of the molecule is Cc1ccc(CN(C)C(=O)CCNC(C)(C)C)o1. The predicted molar refractivity (Wildman–Crippen MR) is 72.3 cm³/mol. The first-order chi connectivity index (χ1) is 8.28. The molecule has 1 aromatic heterocycles. The summed E-state index contributed by atoms with van der Waals surface area (Å²) >= 11 is 0. The van der Waals surface area contributed by atoms with Gasteiger partial charge in [-0.1, -0.05) is 0 Å². The Morgan fingerprint density at radius 1 is 1.39 bits per heavy atom. The molecule has 0 spiro atoms. The maximum absolute atomic E-state index is 11.9. The predicted octanol–water partition coefficient (Wildman–Crippen LogP) is 2.32. The number of nitrogens with one attached hydrogen (secondary N) is 1. The molecule has 0 aromatic carbocycles. The molecule has 1 aromatic rings. The minimum atomic E-state index is 0.0526. The van der Waals surface area contributed by atoms with E-state index in [0.717, 1.165) is 11.5 Å². The summed E-state index contributed by atoms with van der Waals surface area (Å²) in [5.41, 5.74) is 0.0526. The number of carbonyl (C=O) groups excluding carboxylic acids is 1. The number of nitrogens with zero attached hydrogens (tertiary/aromatic N) is 1. The largest absolute Gasteiger partial charge is 0.464 e. The molecule has 0 unspecified atom stereocenters. The van der Waals surface area contributed by atoms with E-state index in [0.29, 0.717) is 19.5 Å². The monoisotopic (exact) mass is 252 g/mol. The van der Waals surface area contributed by atoms with E-state index in [1.165, 1.54) is 0 Å². The highest BCUT2D eigenvalue weighted by Gasteiger charge is 2.13. The summed E-state index contributed by atoms with van der Waals surface area (Å²) in [6.07, 6.45) is 0.507. The summed E-state index contributed by atoms with van der Waals surface area (Å²) in [4.78, 5) is 13.6. The van der Waals surface area contributed by atoms with Crippen LogP contribution in [0.25, 0.3) is 0 Å². The smallest absolute Gasteiger partial charge is 0.223 e. The fraction of sp³-hybridized carbons (Fsp3) is 0.643. The van der Waals surface area contributed by atoms with Crippen LogP contribution in [0.5, 0.6) is 0 Å². The number of rotatable bonds is 5. The van der Waals surface area contributed by atoms with Crippen molar-refractivity contribution < 1.29 is 9.21 Å². The van der Waals surface area contributed by atoms with Crippen molar-refractivity contribution in [3.8, 4) is 0 Å². The van der Waals surface area contributed by atoms with Gasteiger partial charge in [-0.2, -0.15) is 0 Å². The lowest BCUT2D eigenvalue weighted by atomic mass is 10.1. The number of aryl methyl sites for hydroxylation is 1. The topological polar surface area (TPSA) is 45.5 Å². The van der Waals surface area contributed by atoms with E-state index in [9.17, 15) is 4.79 Å². The van der Waals surface area contributed by atoms with Crippen LogP contribution in [0.2, 0.25) is 0 Å². The molecule has 0 aliphatic rings. The third-order valence-corrected chi connectivity index (χ3v) is 2.61. The highest BCUT2D eigenvalue weighted by atomic mass is 16.3. The molecule has 4 heteroatoms. The Kier molecular flexibility index (Phi) is 4.96. The van der Waals surface area contributed by atoms with Crippen LogP contribution in [0.3, 0.4) is 0 Å². The van der Waals surface area contributed by atoms with Gasteiger partial charge in [0.15, 0.2) is 0 Å². The second kappa shape index (κ2) is 6.05. The van der Waals surface area contributed by atoms with Gasteiger partial charge in [-0.25, -0.2) is 0 Å². The van der Waals surface area contributed by atoms with E-state index in [4.69, 9.17) is 4.42 Å². The molecule has 0 saturated heterocycles. The maximum atomic E-state index is 11.9. The molecule has 0 fully saturated rings. The van der Waals surface area contributed by atoms with Gasteiger partial charge in [-0.15, -0.1) is 0 Å². The molecule has 0 aliphatic carbocycles. The van der Waals surface area contributed by atoms with E-state index in [1.807, 2.05) is 19.1 Å². The maximum Gasteiger partial charge on any atom is 0.223 e. The molecular formula is C14H24N2O2. The normalized spacial score (nSPS) is 11.6. The van der Waals surface area contributed by atoms with Crippen LogP contribution >= 0.6 is 0 Å². The first kappa shape index (κ1) is 14.8. The zero-order valence-corrected chi connectivity index (χ0v) is 12.0. The van der Waals surface area contributed by atoms with Gasteiger partial charge in [0.2, 0.25) is 5.91 Å². The lowest BCUT2D eigenvalue weighted by Crippen LogP contribution is -2.38. The molecule has 0 saturated carbocycles. The van der Waals surface area contributed by atoms with Gasteiger partial charge in [0.05, 0.1) is 6.54 Å². The summed E-state index contributed by atoms with van der Waals surface area (Å²) in [7, 11) is 1.80. The number of amides is 1. The Balaban J connectivity index is 2.33. The Morgan fingerprint density at radius 3 is 2.56 bits per heavy atom. The number of hydrogen-bond donors (Lipinski definition) is 1. The van der Waals surface area contributed by atoms with Gasteiger partial charge < -0.3 is 14.6 Å². The average Bonchev–Trinajstić information content (AvgIpc) is 2.61. The van der Waals surface area contributed by atoms with Crippen LogP contribution in [0.1, 0.15) is 38.7 Å². The van der Waals surface area contributed by atoms with Crippen LogP contribution in [0, 0.1) is 6.92 Å². The molecule has 18 heavy (non-hydrogen) atoms. The lowest BCUT2D eigenvalue weighted by molar-refractivity contribution is -0.130. The van der Waals surface area contributed by atoms with Crippen molar-refractivity contribution in [1.82, 2.24) is 10.2 Å². The second-order valence-corrected chi connectivity index (χ2v) is 5.69. The fourth-order valence-electron chi connectivity index (χ4n) is 1.63. The molecule has 1 heterocycles. The molecule has 102 valence electrons. The molecular weight excluding hydrogens is 228 g/mol. The van der Waals surface area contributed by atoms with Gasteiger partial charge in [0, 0.05) is 25.6 Å². The molecule has 0 aliphatic heterocycles. The highest BCUT2D eigenvalue weighted by Crippen LogP contribution is 2.09. The first-order valence-electron chi connectivity index (χ1n) is 6.32. The van der Waals surface area contributed by atoms with E-state index in [2.05, 4.69) is 26.1 Å². The van der Waals surface area contributed by atoms with Crippen LogP contribution in [-0.2, 0) is 11.3 Å². The van der Waals surface area contributed by atoms with Crippen molar-refractivity contribution in [2.75, 3.05) is 13.6 Å². The Bertz CT molecular complexity index is 391. The van der Waals surface area contributed by atoms with Crippen molar-refractivity contribution >= 4 is 5.91 Å². The lowest BCUT2D eigenvalue weighted by Gasteiger charge is -2.21. The summed E-state index contributed by atoms with van der Waals surface area (Å²) in [5, 5.41) is 3.30. The van der Waals surface area contributed by atoms with Gasteiger partial charge in [-0.3, -0.25) is 4.79 Å². The molecule has 1 amide bonds. The van der Waals surface area contributed by atoms with E-state index < -0.39 is 0 Å². The standard InChI is InChI=1S/C14H24N2O2/c1-11-6-7-12(18-11)10-16(5)13(17)8-9-15-14(2,3)4/h6-7,15H,8-10H2,1-5H3.